The van der Waals surface area contributed by atoms with Crippen molar-refractivity contribution in [2.45, 2.75) is 25.0 Å². The number of hydrogen-bond acceptors (Lipinski definition) is 4. The Hall–Kier alpha value is -1.89. The minimum atomic E-state index is -0.991. The molecule has 2 aliphatic rings. The molecule has 1 N–H and O–H groups in total. The minimum Gasteiger partial charge on any atom is -0.384 e. The van der Waals surface area contributed by atoms with Crippen molar-refractivity contribution < 1.29 is 14.6 Å². The molecule has 26 heavy (non-hydrogen) atoms. The topological polar surface area (TPSA) is 57.9 Å². The van der Waals surface area contributed by atoms with Crippen LogP contribution >= 0.6 is 0 Å². The summed E-state index contributed by atoms with van der Waals surface area (Å²) in [6.07, 6.45) is 4.31. The highest BCUT2D eigenvalue weighted by molar-refractivity contribution is 5.83. The van der Waals surface area contributed by atoms with E-state index in [0.29, 0.717) is 32.8 Å². The van der Waals surface area contributed by atoms with E-state index in [0.717, 1.165) is 24.0 Å². The average Bonchev–Trinajstić information content (AvgIpc) is 3.23. The summed E-state index contributed by atoms with van der Waals surface area (Å²) in [5.41, 5.74) is 0.0640. The number of aromatic nitrogens is 1. The zero-order chi connectivity index (χ0) is 18.0. The molecule has 4 rings (SSSR count). The van der Waals surface area contributed by atoms with Gasteiger partial charge in [-0.05, 0) is 43.5 Å². The largest absolute Gasteiger partial charge is 0.384 e. The van der Waals surface area contributed by atoms with Gasteiger partial charge in [-0.1, -0.05) is 18.2 Å². The summed E-state index contributed by atoms with van der Waals surface area (Å²) in [4.78, 5) is 16.9. The van der Waals surface area contributed by atoms with Gasteiger partial charge in [0.1, 0.15) is 12.1 Å². The Morgan fingerprint density at radius 3 is 2.81 bits per heavy atom. The summed E-state index contributed by atoms with van der Waals surface area (Å²) in [5, 5.41) is 12.2. The molecule has 0 unspecified atom stereocenters. The normalized spacial score (nSPS) is 24.9. The van der Waals surface area contributed by atoms with Crippen LogP contribution in [0.1, 0.15) is 12.8 Å². The van der Waals surface area contributed by atoms with Crippen LogP contribution < -0.4 is 0 Å². The summed E-state index contributed by atoms with van der Waals surface area (Å²) in [5.74, 6) is 0.0247. The maximum absolute atomic E-state index is 12.9. The number of amides is 1. The van der Waals surface area contributed by atoms with E-state index < -0.39 is 5.60 Å². The lowest BCUT2D eigenvalue weighted by molar-refractivity contribution is -0.135. The van der Waals surface area contributed by atoms with Gasteiger partial charge in [0.25, 0.3) is 0 Å². The lowest BCUT2D eigenvalue weighted by Gasteiger charge is -2.34. The van der Waals surface area contributed by atoms with Gasteiger partial charge >= 0.3 is 0 Å². The molecule has 6 nitrogen and oxygen atoms in total. The molecule has 0 bridgehead atoms. The van der Waals surface area contributed by atoms with Crippen LogP contribution in [0.25, 0.3) is 10.9 Å². The fourth-order valence-corrected chi connectivity index (χ4v) is 4.11. The molecule has 1 atom stereocenters. The van der Waals surface area contributed by atoms with E-state index in [4.69, 9.17) is 4.74 Å². The maximum atomic E-state index is 12.9. The van der Waals surface area contributed by atoms with Crippen molar-refractivity contribution in [2.75, 3.05) is 45.9 Å². The first-order valence-corrected chi connectivity index (χ1v) is 9.47. The van der Waals surface area contributed by atoms with Gasteiger partial charge in [-0.15, -0.1) is 0 Å². The molecule has 2 fully saturated rings. The molecule has 140 valence electrons. The van der Waals surface area contributed by atoms with Crippen molar-refractivity contribution in [3.63, 3.8) is 0 Å². The number of carbonyl (C=O) groups is 1. The third kappa shape index (κ3) is 3.77. The van der Waals surface area contributed by atoms with Gasteiger partial charge in [0.05, 0.1) is 19.8 Å². The first-order valence-electron chi connectivity index (χ1n) is 9.47. The number of fused-ring (bicyclic) bond motifs is 1. The molecule has 0 radical (unpaired) electrons. The first-order chi connectivity index (χ1) is 12.6. The molecule has 0 spiro atoms. The molecular weight excluding hydrogens is 330 g/mol. The lowest BCUT2D eigenvalue weighted by Crippen LogP contribution is -2.53. The van der Waals surface area contributed by atoms with Crippen LogP contribution in [0.3, 0.4) is 0 Å². The van der Waals surface area contributed by atoms with Crippen LogP contribution in [0.4, 0.5) is 0 Å². The van der Waals surface area contributed by atoms with Gasteiger partial charge in [0.2, 0.25) is 5.91 Å². The second kappa shape index (κ2) is 7.39. The van der Waals surface area contributed by atoms with Gasteiger partial charge in [0, 0.05) is 24.8 Å². The van der Waals surface area contributed by atoms with Crippen LogP contribution in [0.15, 0.2) is 36.5 Å². The van der Waals surface area contributed by atoms with Crippen molar-refractivity contribution >= 4 is 16.8 Å². The smallest absolute Gasteiger partial charge is 0.242 e. The van der Waals surface area contributed by atoms with Crippen molar-refractivity contribution in [1.29, 1.82) is 0 Å². The Morgan fingerprint density at radius 1 is 1.15 bits per heavy atom. The minimum absolute atomic E-state index is 0.0247. The third-order valence-electron chi connectivity index (χ3n) is 5.42. The van der Waals surface area contributed by atoms with Crippen LogP contribution in [-0.4, -0.2) is 76.9 Å². The second-order valence-corrected chi connectivity index (χ2v) is 7.58. The zero-order valence-electron chi connectivity index (χ0n) is 15.1. The Balaban J connectivity index is 1.45. The Kier molecular flexibility index (Phi) is 4.98. The molecule has 0 saturated carbocycles. The van der Waals surface area contributed by atoms with Crippen molar-refractivity contribution in [2.24, 2.45) is 0 Å². The highest BCUT2D eigenvalue weighted by Gasteiger charge is 2.36. The van der Waals surface area contributed by atoms with Gasteiger partial charge in [-0.3, -0.25) is 4.79 Å². The second-order valence-electron chi connectivity index (χ2n) is 7.58. The first kappa shape index (κ1) is 17.5. The molecule has 2 aromatic rings. The Morgan fingerprint density at radius 2 is 1.96 bits per heavy atom. The van der Waals surface area contributed by atoms with E-state index in [-0.39, 0.29) is 12.5 Å². The van der Waals surface area contributed by atoms with Gasteiger partial charge in [0.15, 0.2) is 0 Å². The summed E-state index contributed by atoms with van der Waals surface area (Å²) in [6.45, 7) is 4.52. The number of nitrogens with zero attached hydrogens (tertiary/aromatic N) is 3. The summed E-state index contributed by atoms with van der Waals surface area (Å²) < 4.78 is 7.60. The van der Waals surface area contributed by atoms with Gasteiger partial charge in [-0.25, -0.2) is 0 Å². The number of β-amino-alcohol motifs (C(OH)–C–C–N with tert-alkyl or cyclic N) is 1. The van der Waals surface area contributed by atoms with Crippen LogP contribution in [-0.2, 0) is 16.1 Å². The molecule has 1 aromatic carbocycles. The van der Waals surface area contributed by atoms with E-state index in [1.165, 1.54) is 12.8 Å². The summed E-state index contributed by atoms with van der Waals surface area (Å²) in [7, 11) is 0. The number of carbonyl (C=O) groups excluding carboxylic acids is 1. The van der Waals surface area contributed by atoms with Crippen LogP contribution in [0.2, 0.25) is 0 Å². The number of benzene rings is 1. The number of rotatable bonds is 4. The maximum Gasteiger partial charge on any atom is 0.242 e. The molecule has 3 heterocycles. The predicted molar refractivity (Wildman–Crippen MR) is 100.0 cm³/mol. The zero-order valence-corrected chi connectivity index (χ0v) is 15.1. The van der Waals surface area contributed by atoms with Crippen molar-refractivity contribution in [3.05, 3.63) is 36.5 Å². The fraction of sp³-hybridized carbons (Fsp3) is 0.550. The number of hydrogen-bond donors (Lipinski definition) is 1. The third-order valence-corrected chi connectivity index (χ3v) is 5.42. The number of ether oxygens (including phenoxy) is 1. The van der Waals surface area contributed by atoms with Crippen LogP contribution in [0.5, 0.6) is 0 Å². The summed E-state index contributed by atoms with van der Waals surface area (Å²) >= 11 is 0. The van der Waals surface area contributed by atoms with Crippen molar-refractivity contribution in [3.8, 4) is 0 Å². The molecule has 1 aromatic heterocycles. The average molecular weight is 357 g/mol. The quantitative estimate of drug-likeness (QED) is 0.897. The Bertz CT molecular complexity index is 769. The SMILES string of the molecule is O=C(Cn1ccc2ccccc21)N1CCOC[C@@](O)(CN2CCCC2)C1. The van der Waals surface area contributed by atoms with Crippen molar-refractivity contribution in [1.82, 2.24) is 14.4 Å². The number of likely N-dealkylation sites (tertiary alicyclic amines) is 1. The van der Waals surface area contributed by atoms with E-state index in [9.17, 15) is 9.90 Å². The highest BCUT2D eigenvalue weighted by atomic mass is 16.5. The monoisotopic (exact) mass is 357 g/mol. The van der Waals surface area contributed by atoms with E-state index >= 15 is 0 Å². The Labute approximate surface area is 153 Å². The number of aliphatic hydroxyl groups is 1. The van der Waals surface area contributed by atoms with E-state index in [1.807, 2.05) is 41.1 Å². The molecule has 2 aliphatic heterocycles. The molecule has 1 amide bonds. The molecule has 2 saturated heterocycles. The highest BCUT2D eigenvalue weighted by Crippen LogP contribution is 2.19. The molecule has 6 heteroatoms. The molecule has 0 aliphatic carbocycles. The van der Waals surface area contributed by atoms with Crippen LogP contribution in [0, 0.1) is 0 Å². The fourth-order valence-electron chi connectivity index (χ4n) is 4.11. The van der Waals surface area contributed by atoms with E-state index in [2.05, 4.69) is 4.90 Å². The van der Waals surface area contributed by atoms with Gasteiger partial charge in [-0.2, -0.15) is 0 Å². The standard InChI is InChI=1S/C20H27N3O3/c24-19(13-22-10-7-17-5-1-2-6-18(17)22)23-11-12-26-16-20(25,15-23)14-21-8-3-4-9-21/h1-2,5-7,10,25H,3-4,8-9,11-16H2/t20-/m1/s1. The predicted octanol–water partition coefficient (Wildman–Crippen LogP) is 1.33. The van der Waals surface area contributed by atoms with Gasteiger partial charge < -0.3 is 24.2 Å². The number of para-hydroxylation sites is 1. The summed E-state index contributed by atoms with van der Waals surface area (Å²) in [6, 6.07) is 10.1. The lowest BCUT2D eigenvalue weighted by atomic mass is 10.0. The molecular formula is C20H27N3O3. The van der Waals surface area contributed by atoms with E-state index in [1.54, 1.807) is 4.90 Å².